The van der Waals surface area contributed by atoms with Gasteiger partial charge in [-0.3, -0.25) is 4.98 Å². The molecule has 4 aromatic heterocycles. The molecule has 9 rings (SSSR count). The number of benzene rings is 5. The molecule has 0 amide bonds. The van der Waals surface area contributed by atoms with Crippen LogP contribution < -0.4 is 0 Å². The number of rotatable bonds is 0. The summed E-state index contributed by atoms with van der Waals surface area (Å²) in [6.07, 6.45) is 3.87. The van der Waals surface area contributed by atoms with Gasteiger partial charge >= 0.3 is 0 Å². The second-order valence-electron chi connectivity index (χ2n) is 10.1. The lowest BCUT2D eigenvalue weighted by Gasteiger charge is -2.03. The minimum Gasteiger partial charge on any atom is -0.309 e. The van der Waals surface area contributed by atoms with Crippen molar-refractivity contribution in [1.29, 1.82) is 0 Å². The van der Waals surface area contributed by atoms with Gasteiger partial charge in [0.15, 0.2) is 0 Å². The molecule has 5 aromatic carbocycles. The van der Waals surface area contributed by atoms with Gasteiger partial charge in [-0.2, -0.15) is 0 Å². The third-order valence-electron chi connectivity index (χ3n) is 8.14. The van der Waals surface area contributed by atoms with Crippen molar-refractivity contribution in [2.24, 2.45) is 0 Å². The van der Waals surface area contributed by atoms with E-state index in [1.807, 2.05) is 12.4 Å². The van der Waals surface area contributed by atoms with Crippen molar-refractivity contribution in [2.45, 2.75) is 0 Å². The molecule has 0 aliphatic carbocycles. The normalized spacial score (nSPS) is 12.2. The highest BCUT2D eigenvalue weighted by molar-refractivity contribution is 6.16. The van der Waals surface area contributed by atoms with Crippen LogP contribution in [0.1, 0.15) is 0 Å². The van der Waals surface area contributed by atoms with Gasteiger partial charge in [0.05, 0.1) is 28.3 Å². The Hall–Kier alpha value is -5.15. The van der Waals surface area contributed by atoms with Crippen molar-refractivity contribution in [3.8, 4) is 0 Å². The van der Waals surface area contributed by atoms with Crippen molar-refractivity contribution >= 4 is 76.2 Å². The van der Waals surface area contributed by atoms with E-state index in [1.54, 1.807) is 0 Å². The van der Waals surface area contributed by atoms with Crippen LogP contribution in [0.15, 0.2) is 128 Å². The van der Waals surface area contributed by atoms with E-state index in [0.29, 0.717) is 0 Å². The first kappa shape index (κ1) is 20.0. The highest BCUT2D eigenvalue weighted by atomic mass is 14.9. The number of pyridine rings is 1. The molecule has 0 atom stereocenters. The van der Waals surface area contributed by atoms with E-state index in [2.05, 4.69) is 129 Å². The third-order valence-corrected chi connectivity index (χ3v) is 8.14. The quantitative estimate of drug-likeness (QED) is 0.211. The van der Waals surface area contributed by atoms with Crippen LogP contribution in [0.4, 0.5) is 0 Å². The molecule has 0 N–H and O–H groups in total. The van der Waals surface area contributed by atoms with Crippen LogP contribution in [0, 0.1) is 0 Å². The average Bonchev–Trinajstić information content (AvgIpc) is 3.49. The maximum atomic E-state index is 4.51. The van der Waals surface area contributed by atoms with E-state index in [4.69, 9.17) is 0 Å². The number of hydrogen-bond acceptors (Lipinski definition) is 1. The summed E-state index contributed by atoms with van der Waals surface area (Å²) in [6.45, 7) is 0. The van der Waals surface area contributed by atoms with E-state index in [0.717, 1.165) is 16.6 Å². The van der Waals surface area contributed by atoms with Crippen LogP contribution in [0.2, 0.25) is 0 Å². The van der Waals surface area contributed by atoms with Crippen LogP contribution in [0.5, 0.6) is 0 Å². The van der Waals surface area contributed by atoms with Crippen molar-refractivity contribution in [3.63, 3.8) is 0 Å². The summed E-state index contributed by atoms with van der Waals surface area (Å²) in [7, 11) is 0. The first-order valence-electron chi connectivity index (χ1n) is 13.0. The minimum atomic E-state index is 1.11. The van der Waals surface area contributed by atoms with E-state index < -0.39 is 0 Å². The summed E-state index contributed by atoms with van der Waals surface area (Å²) in [4.78, 5) is 4.51. The van der Waals surface area contributed by atoms with Crippen molar-refractivity contribution < 1.29 is 0 Å². The number of fused-ring (bicyclic) bond motifs is 15. The zero-order chi connectivity index (χ0) is 24.8. The van der Waals surface area contributed by atoms with Gasteiger partial charge in [-0.25, -0.2) is 0 Å². The summed E-state index contributed by atoms with van der Waals surface area (Å²) < 4.78 is 4.78. The molecule has 4 heterocycles. The van der Waals surface area contributed by atoms with Crippen LogP contribution in [0.25, 0.3) is 76.2 Å². The molecule has 3 nitrogen and oxygen atoms in total. The van der Waals surface area contributed by atoms with E-state index in [9.17, 15) is 0 Å². The Morgan fingerprint density at radius 1 is 0.395 bits per heavy atom. The molecule has 38 heavy (non-hydrogen) atoms. The predicted octanol–water partition coefficient (Wildman–Crippen LogP) is 9.07. The Labute approximate surface area is 217 Å². The Morgan fingerprint density at radius 2 is 0.947 bits per heavy atom. The molecule has 3 heteroatoms. The van der Waals surface area contributed by atoms with Crippen LogP contribution in [-0.2, 0) is 0 Å². The maximum absolute atomic E-state index is 4.51. The van der Waals surface area contributed by atoms with Crippen LogP contribution in [-0.4, -0.2) is 13.8 Å². The Kier molecular flexibility index (Phi) is 3.79. The first-order chi connectivity index (χ1) is 18.8. The van der Waals surface area contributed by atoms with Gasteiger partial charge < -0.3 is 8.80 Å². The van der Waals surface area contributed by atoms with Gasteiger partial charge in [0.1, 0.15) is 0 Å². The zero-order valence-corrected chi connectivity index (χ0v) is 20.5. The molecule has 0 saturated heterocycles. The highest BCUT2D eigenvalue weighted by Crippen LogP contribution is 2.35. The molecular formula is C35H21N3. The number of nitrogens with zero attached hydrogens (tertiary/aromatic N) is 3. The second-order valence-corrected chi connectivity index (χ2v) is 10.1. The largest absolute Gasteiger partial charge is 0.309 e. The monoisotopic (exact) mass is 483 g/mol. The molecule has 0 fully saturated rings. The molecule has 0 spiro atoms. The van der Waals surface area contributed by atoms with Gasteiger partial charge in [-0.1, -0.05) is 72.8 Å². The molecule has 176 valence electrons. The van der Waals surface area contributed by atoms with Gasteiger partial charge in [0, 0.05) is 38.8 Å². The fourth-order valence-electron chi connectivity index (χ4n) is 6.49. The first-order valence-corrected chi connectivity index (χ1v) is 13.0. The Bertz CT molecular complexity index is 2290. The standard InChI is InChI=1S/C35H21N3/c1-2-9-27-23-13-15-30-31-16-17-36-21-35(31)38(34(30)19-23)25-7-5-6-24(20-25)37-32-11-4-3-10-28(32)29-14-12-22(18-33(29)37)26(27)8-1/h1-21H. The summed E-state index contributed by atoms with van der Waals surface area (Å²) in [5.41, 5.74) is 7.00. The fourth-order valence-corrected chi connectivity index (χ4v) is 6.49. The molecule has 0 aliphatic rings. The topological polar surface area (TPSA) is 21.7 Å². The smallest absolute Gasteiger partial charge is 0.0724 e. The zero-order valence-electron chi connectivity index (χ0n) is 20.5. The van der Waals surface area contributed by atoms with E-state index in [-0.39, 0.29) is 0 Å². The van der Waals surface area contributed by atoms with Gasteiger partial charge in [-0.15, -0.1) is 0 Å². The molecule has 0 aliphatic heterocycles. The molecule has 0 radical (unpaired) electrons. The molecule has 9 aromatic rings. The van der Waals surface area contributed by atoms with Crippen LogP contribution >= 0.6 is 0 Å². The second kappa shape index (κ2) is 7.21. The number of aromatic nitrogens is 3. The van der Waals surface area contributed by atoms with E-state index in [1.165, 1.54) is 59.6 Å². The SMILES string of the molecule is c1ccc2c3ccc4c5ccncc5n(c5cccc(c5)n5c6ccccc6c6ccc(cc65)c2c1)c4c3. The van der Waals surface area contributed by atoms with Gasteiger partial charge in [-0.05, 0) is 64.0 Å². The summed E-state index contributed by atoms with van der Waals surface area (Å²) in [5.74, 6) is 0. The van der Waals surface area contributed by atoms with Crippen molar-refractivity contribution in [1.82, 2.24) is 13.8 Å². The highest BCUT2D eigenvalue weighted by Gasteiger charge is 2.12. The maximum Gasteiger partial charge on any atom is 0.0724 e. The molecule has 0 unspecified atom stereocenters. The summed E-state index contributed by atoms with van der Waals surface area (Å²) in [5, 5.41) is 9.88. The molecule has 0 saturated carbocycles. The summed E-state index contributed by atoms with van der Waals surface area (Å²) >= 11 is 0. The van der Waals surface area contributed by atoms with E-state index >= 15 is 0 Å². The predicted molar refractivity (Wildman–Crippen MR) is 160 cm³/mol. The fraction of sp³-hybridized carbons (Fsp3) is 0. The summed E-state index contributed by atoms with van der Waals surface area (Å²) in [6, 6.07) is 42.3. The Balaban J connectivity index is 1.69. The lowest BCUT2D eigenvalue weighted by molar-refractivity contribution is 1.28. The third kappa shape index (κ3) is 2.55. The van der Waals surface area contributed by atoms with Crippen LogP contribution in [0.3, 0.4) is 0 Å². The number of para-hydroxylation sites is 1. The molecule has 6 bridgehead atoms. The lowest BCUT2D eigenvalue weighted by Crippen LogP contribution is -1.88. The minimum absolute atomic E-state index is 1.11. The molecular weight excluding hydrogens is 462 g/mol. The van der Waals surface area contributed by atoms with Gasteiger partial charge in [0.2, 0.25) is 0 Å². The lowest BCUT2D eigenvalue weighted by atomic mass is 10.0. The average molecular weight is 484 g/mol. The number of hydrogen-bond donors (Lipinski definition) is 0. The Morgan fingerprint density at radius 3 is 1.63 bits per heavy atom. The van der Waals surface area contributed by atoms with Crippen molar-refractivity contribution in [3.05, 3.63) is 128 Å². The van der Waals surface area contributed by atoms with Gasteiger partial charge in [0.25, 0.3) is 0 Å². The van der Waals surface area contributed by atoms with Crippen molar-refractivity contribution in [2.75, 3.05) is 0 Å².